The fraction of sp³-hybridized carbons (Fsp3) is 0.375. The number of aliphatic hydroxyl groups excluding tert-OH is 1. The highest BCUT2D eigenvalue weighted by molar-refractivity contribution is 5.37. The van der Waals surface area contributed by atoms with Crippen LogP contribution in [0.15, 0.2) is 40.8 Å². The molecule has 1 aliphatic rings. The van der Waals surface area contributed by atoms with E-state index in [9.17, 15) is 5.11 Å². The van der Waals surface area contributed by atoms with Gasteiger partial charge in [0.05, 0.1) is 6.61 Å². The van der Waals surface area contributed by atoms with E-state index in [4.69, 9.17) is 9.15 Å². The number of para-hydroxylation sites is 1. The van der Waals surface area contributed by atoms with Crippen LogP contribution >= 0.6 is 0 Å². The van der Waals surface area contributed by atoms with E-state index in [-0.39, 0.29) is 0 Å². The Hall–Kier alpha value is -1.74. The summed E-state index contributed by atoms with van der Waals surface area (Å²) in [6, 6.07) is 11.8. The van der Waals surface area contributed by atoms with Crippen LogP contribution < -0.4 is 4.74 Å². The van der Waals surface area contributed by atoms with Crippen molar-refractivity contribution in [1.29, 1.82) is 0 Å². The zero-order valence-electron chi connectivity index (χ0n) is 11.0. The molecule has 0 fully saturated rings. The van der Waals surface area contributed by atoms with Crippen LogP contribution in [-0.4, -0.2) is 11.7 Å². The highest BCUT2D eigenvalue weighted by atomic mass is 16.5. The Kier molecular flexibility index (Phi) is 3.30. The molecular formula is C16H18O3. The molecule has 0 saturated heterocycles. The van der Waals surface area contributed by atoms with Gasteiger partial charge < -0.3 is 14.3 Å². The normalized spacial score (nSPS) is 19.6. The predicted octanol–water partition coefficient (Wildman–Crippen LogP) is 3.58. The first kappa shape index (κ1) is 12.3. The average molecular weight is 258 g/mol. The predicted molar refractivity (Wildman–Crippen MR) is 72.3 cm³/mol. The summed E-state index contributed by atoms with van der Waals surface area (Å²) in [6.45, 7) is 2.60. The zero-order chi connectivity index (χ0) is 13.2. The monoisotopic (exact) mass is 258 g/mol. The van der Waals surface area contributed by atoms with Crippen molar-refractivity contribution in [2.75, 3.05) is 6.61 Å². The molecule has 2 unspecified atom stereocenters. The maximum Gasteiger partial charge on any atom is 0.132 e. The minimum absolute atomic E-state index is 0.324. The number of ether oxygens (including phenoxy) is 1. The fourth-order valence-corrected chi connectivity index (χ4v) is 2.68. The largest absolute Gasteiger partial charge is 0.493 e. The minimum atomic E-state index is -0.551. The van der Waals surface area contributed by atoms with Crippen LogP contribution in [-0.2, 0) is 0 Å². The van der Waals surface area contributed by atoms with E-state index < -0.39 is 6.10 Å². The molecule has 2 heterocycles. The number of benzene rings is 1. The molecule has 0 spiro atoms. The smallest absolute Gasteiger partial charge is 0.132 e. The van der Waals surface area contributed by atoms with Gasteiger partial charge in [0.1, 0.15) is 23.4 Å². The average Bonchev–Trinajstić information content (AvgIpc) is 2.86. The molecule has 1 aromatic carbocycles. The van der Waals surface area contributed by atoms with Crippen LogP contribution in [0.3, 0.4) is 0 Å². The van der Waals surface area contributed by atoms with Gasteiger partial charge in [-0.15, -0.1) is 0 Å². The van der Waals surface area contributed by atoms with E-state index in [0.717, 1.165) is 17.9 Å². The van der Waals surface area contributed by atoms with E-state index in [1.165, 1.54) is 5.56 Å². The third-order valence-corrected chi connectivity index (χ3v) is 3.68. The molecule has 3 rings (SSSR count). The van der Waals surface area contributed by atoms with Crippen LogP contribution in [0.2, 0.25) is 0 Å². The SMILES string of the molecule is Cc1ccc(C(O)CC2CCOc3ccccc32)o1. The summed E-state index contributed by atoms with van der Waals surface area (Å²) in [5.74, 6) is 2.76. The summed E-state index contributed by atoms with van der Waals surface area (Å²) in [5.41, 5.74) is 1.19. The minimum Gasteiger partial charge on any atom is -0.493 e. The lowest BCUT2D eigenvalue weighted by atomic mass is 9.88. The lowest BCUT2D eigenvalue weighted by Gasteiger charge is -2.27. The highest BCUT2D eigenvalue weighted by Crippen LogP contribution is 2.38. The molecule has 0 bridgehead atoms. The van der Waals surface area contributed by atoms with E-state index in [2.05, 4.69) is 6.07 Å². The maximum absolute atomic E-state index is 10.3. The van der Waals surface area contributed by atoms with Gasteiger partial charge in [-0.2, -0.15) is 0 Å². The van der Waals surface area contributed by atoms with Crippen LogP contribution in [0.1, 0.15) is 41.9 Å². The van der Waals surface area contributed by atoms with Gasteiger partial charge in [-0.25, -0.2) is 0 Å². The first-order valence-electron chi connectivity index (χ1n) is 6.70. The van der Waals surface area contributed by atoms with Crippen molar-refractivity contribution < 1.29 is 14.3 Å². The van der Waals surface area contributed by atoms with Crippen molar-refractivity contribution >= 4 is 0 Å². The summed E-state index contributed by atoms with van der Waals surface area (Å²) in [4.78, 5) is 0. The number of aryl methyl sites for hydroxylation is 1. The number of hydrogen-bond acceptors (Lipinski definition) is 3. The second-order valence-electron chi connectivity index (χ2n) is 5.07. The van der Waals surface area contributed by atoms with Gasteiger partial charge in [0, 0.05) is 0 Å². The van der Waals surface area contributed by atoms with Crippen molar-refractivity contribution in [3.05, 3.63) is 53.5 Å². The summed E-state index contributed by atoms with van der Waals surface area (Å²) in [7, 11) is 0. The number of furan rings is 1. The first-order chi connectivity index (χ1) is 9.24. The molecule has 2 aromatic rings. The Balaban J connectivity index is 1.77. The Morgan fingerprint density at radius 1 is 1.26 bits per heavy atom. The lowest BCUT2D eigenvalue weighted by molar-refractivity contribution is 0.121. The molecule has 19 heavy (non-hydrogen) atoms. The summed E-state index contributed by atoms with van der Waals surface area (Å²) >= 11 is 0. The molecule has 0 amide bonds. The molecule has 0 radical (unpaired) electrons. The number of rotatable bonds is 3. The highest BCUT2D eigenvalue weighted by Gasteiger charge is 2.25. The molecule has 0 saturated carbocycles. The second kappa shape index (κ2) is 5.10. The van der Waals surface area contributed by atoms with Crippen LogP contribution in [0.5, 0.6) is 5.75 Å². The molecule has 1 N–H and O–H groups in total. The molecule has 0 aliphatic carbocycles. The van der Waals surface area contributed by atoms with Gasteiger partial charge in [-0.05, 0) is 49.4 Å². The number of hydrogen-bond donors (Lipinski definition) is 1. The van der Waals surface area contributed by atoms with Crippen LogP contribution in [0, 0.1) is 6.92 Å². The van der Waals surface area contributed by atoms with Crippen molar-refractivity contribution in [1.82, 2.24) is 0 Å². The quantitative estimate of drug-likeness (QED) is 0.915. The van der Waals surface area contributed by atoms with Crippen molar-refractivity contribution in [2.24, 2.45) is 0 Å². The molecular weight excluding hydrogens is 240 g/mol. The van der Waals surface area contributed by atoms with Crippen molar-refractivity contribution in [3.8, 4) is 5.75 Å². The van der Waals surface area contributed by atoms with Crippen LogP contribution in [0.4, 0.5) is 0 Å². The maximum atomic E-state index is 10.3. The molecule has 100 valence electrons. The Bertz CT molecular complexity index is 559. The molecule has 2 atom stereocenters. The van der Waals surface area contributed by atoms with Crippen molar-refractivity contribution in [3.63, 3.8) is 0 Å². The van der Waals surface area contributed by atoms with Gasteiger partial charge >= 0.3 is 0 Å². The topological polar surface area (TPSA) is 42.6 Å². The number of fused-ring (bicyclic) bond motifs is 1. The van der Waals surface area contributed by atoms with Crippen LogP contribution in [0.25, 0.3) is 0 Å². The third-order valence-electron chi connectivity index (χ3n) is 3.68. The van der Waals surface area contributed by atoms with E-state index in [1.807, 2.05) is 37.3 Å². The third kappa shape index (κ3) is 2.51. The Morgan fingerprint density at radius 2 is 2.11 bits per heavy atom. The van der Waals surface area contributed by atoms with E-state index >= 15 is 0 Å². The molecule has 3 heteroatoms. The number of aliphatic hydroxyl groups is 1. The summed E-state index contributed by atoms with van der Waals surface area (Å²) in [5, 5.41) is 10.3. The zero-order valence-corrected chi connectivity index (χ0v) is 11.0. The lowest BCUT2D eigenvalue weighted by Crippen LogP contribution is -2.16. The second-order valence-corrected chi connectivity index (χ2v) is 5.07. The Morgan fingerprint density at radius 3 is 2.89 bits per heavy atom. The van der Waals surface area contributed by atoms with Gasteiger partial charge in [0.15, 0.2) is 0 Å². The van der Waals surface area contributed by atoms with Gasteiger partial charge in [-0.1, -0.05) is 18.2 Å². The molecule has 3 nitrogen and oxygen atoms in total. The molecule has 1 aliphatic heterocycles. The summed E-state index contributed by atoms with van der Waals surface area (Å²) < 4.78 is 11.1. The van der Waals surface area contributed by atoms with Gasteiger partial charge in [0.2, 0.25) is 0 Å². The Labute approximate surface area is 112 Å². The van der Waals surface area contributed by atoms with Crippen molar-refractivity contribution in [2.45, 2.75) is 31.8 Å². The van der Waals surface area contributed by atoms with E-state index in [0.29, 0.717) is 24.7 Å². The standard InChI is InChI=1S/C16H18O3/c1-11-6-7-16(19-11)14(17)10-12-8-9-18-15-5-3-2-4-13(12)15/h2-7,12,14,17H,8-10H2,1H3. The van der Waals surface area contributed by atoms with Gasteiger partial charge in [0.25, 0.3) is 0 Å². The van der Waals surface area contributed by atoms with Gasteiger partial charge in [-0.3, -0.25) is 0 Å². The first-order valence-corrected chi connectivity index (χ1v) is 6.70. The van der Waals surface area contributed by atoms with E-state index in [1.54, 1.807) is 0 Å². The fourth-order valence-electron chi connectivity index (χ4n) is 2.68. The molecule has 1 aromatic heterocycles. The summed E-state index contributed by atoms with van der Waals surface area (Å²) in [6.07, 6.45) is 1.06.